The molecule has 1 heterocycles. The number of ether oxygens (including phenoxy) is 1. The van der Waals surface area contributed by atoms with E-state index in [1.165, 1.54) is 14.0 Å². The molecule has 0 saturated carbocycles. The average molecular weight is 294 g/mol. The van der Waals surface area contributed by atoms with Gasteiger partial charge >= 0.3 is 5.97 Å². The van der Waals surface area contributed by atoms with Crippen molar-refractivity contribution in [1.82, 2.24) is 4.98 Å². The number of aryl methyl sites for hydroxylation is 1. The Hall–Kier alpha value is -1.04. The first kappa shape index (κ1) is 13.0. The normalized spacial score (nSPS) is 10.6. The molecule has 0 aromatic carbocycles. The second-order valence-corrected chi connectivity index (χ2v) is 3.64. The molecule has 0 saturated heterocycles. The van der Waals surface area contributed by atoms with Crippen LogP contribution in [-0.4, -0.2) is 18.1 Å². The van der Waals surface area contributed by atoms with Gasteiger partial charge in [0.15, 0.2) is 0 Å². The third-order valence-electron chi connectivity index (χ3n) is 2.10. The SMILES string of the molecule is COC(=O)c1cc(C(F)F)c(C)nc1CBr. The molecule has 0 spiro atoms. The molecule has 0 aliphatic heterocycles. The average Bonchev–Trinajstić information content (AvgIpc) is 2.27. The van der Waals surface area contributed by atoms with Crippen LogP contribution in [-0.2, 0) is 10.1 Å². The minimum Gasteiger partial charge on any atom is -0.465 e. The van der Waals surface area contributed by atoms with Crippen LogP contribution in [0.2, 0.25) is 0 Å². The number of halogens is 3. The van der Waals surface area contributed by atoms with Crippen LogP contribution in [0.4, 0.5) is 8.78 Å². The fraction of sp³-hybridized carbons (Fsp3) is 0.400. The van der Waals surface area contributed by atoms with E-state index in [0.29, 0.717) is 11.0 Å². The standard InChI is InChI=1S/C10H10BrF2NO2/c1-5-6(9(12)13)3-7(10(15)16-2)8(4-11)14-5/h3,9H,4H2,1-2H3. The second kappa shape index (κ2) is 5.34. The first-order valence-corrected chi connectivity index (χ1v) is 5.56. The van der Waals surface area contributed by atoms with Gasteiger partial charge < -0.3 is 4.74 Å². The van der Waals surface area contributed by atoms with Gasteiger partial charge in [-0.3, -0.25) is 4.98 Å². The Kier molecular flexibility index (Phi) is 4.35. The number of hydrogen-bond acceptors (Lipinski definition) is 3. The van der Waals surface area contributed by atoms with E-state index < -0.39 is 12.4 Å². The summed E-state index contributed by atoms with van der Waals surface area (Å²) in [5.74, 6) is -0.663. The van der Waals surface area contributed by atoms with Crippen LogP contribution < -0.4 is 0 Å². The van der Waals surface area contributed by atoms with E-state index in [2.05, 4.69) is 25.7 Å². The van der Waals surface area contributed by atoms with Crippen molar-refractivity contribution in [1.29, 1.82) is 0 Å². The summed E-state index contributed by atoms with van der Waals surface area (Å²) in [6, 6.07) is 1.13. The lowest BCUT2D eigenvalue weighted by Crippen LogP contribution is -2.09. The van der Waals surface area contributed by atoms with E-state index in [9.17, 15) is 13.6 Å². The molecule has 0 fully saturated rings. The number of nitrogens with zero attached hydrogens (tertiary/aromatic N) is 1. The van der Waals surface area contributed by atoms with E-state index in [0.717, 1.165) is 6.07 Å². The van der Waals surface area contributed by atoms with Gasteiger partial charge in [0.1, 0.15) is 0 Å². The first-order valence-electron chi connectivity index (χ1n) is 4.44. The summed E-state index contributed by atoms with van der Waals surface area (Å²) in [6.07, 6.45) is -2.65. The largest absolute Gasteiger partial charge is 0.465 e. The minimum atomic E-state index is -2.65. The highest BCUT2D eigenvalue weighted by molar-refractivity contribution is 9.08. The summed E-state index contributed by atoms with van der Waals surface area (Å²) in [6.45, 7) is 1.48. The Labute approximate surface area is 99.9 Å². The second-order valence-electron chi connectivity index (χ2n) is 3.08. The molecule has 6 heteroatoms. The monoisotopic (exact) mass is 293 g/mol. The molecule has 1 aromatic heterocycles. The number of pyridine rings is 1. The van der Waals surface area contributed by atoms with E-state index >= 15 is 0 Å². The number of esters is 1. The van der Waals surface area contributed by atoms with Gasteiger partial charge in [-0.15, -0.1) is 0 Å². The topological polar surface area (TPSA) is 39.2 Å². The zero-order valence-corrected chi connectivity index (χ0v) is 10.3. The molecule has 16 heavy (non-hydrogen) atoms. The van der Waals surface area contributed by atoms with Crippen molar-refractivity contribution in [3.05, 3.63) is 28.6 Å². The molecule has 0 aliphatic carbocycles. The predicted octanol–water partition coefficient (Wildman–Crippen LogP) is 3.01. The van der Waals surface area contributed by atoms with Gasteiger partial charge in [0.05, 0.1) is 18.4 Å². The molecule has 0 unspecified atom stereocenters. The number of aromatic nitrogens is 1. The van der Waals surface area contributed by atoms with Gasteiger partial charge in [-0.25, -0.2) is 13.6 Å². The summed E-state index contributed by atoms with van der Waals surface area (Å²) >= 11 is 3.14. The number of carbonyl (C=O) groups is 1. The first-order chi connectivity index (χ1) is 7.51. The number of carbonyl (C=O) groups excluding carboxylic acids is 1. The van der Waals surface area contributed by atoms with Crippen LogP contribution in [0.25, 0.3) is 0 Å². The summed E-state index contributed by atoms with van der Waals surface area (Å²) in [4.78, 5) is 15.3. The Balaban J connectivity index is 3.34. The molecule has 0 bridgehead atoms. The Morgan fingerprint density at radius 3 is 2.69 bits per heavy atom. The Bertz CT molecular complexity index is 410. The number of methoxy groups -OCH3 is 1. The van der Waals surface area contributed by atoms with Gasteiger partial charge in [0.2, 0.25) is 0 Å². The summed E-state index contributed by atoms with van der Waals surface area (Å²) < 4.78 is 29.7. The molecular formula is C10H10BrF2NO2. The third-order valence-corrected chi connectivity index (χ3v) is 2.63. The number of rotatable bonds is 3. The summed E-state index contributed by atoms with van der Waals surface area (Å²) in [5.41, 5.74) is 0.441. The van der Waals surface area contributed by atoms with Crippen LogP contribution in [0.1, 0.15) is 33.7 Å². The van der Waals surface area contributed by atoms with Crippen molar-refractivity contribution in [2.45, 2.75) is 18.7 Å². The van der Waals surface area contributed by atoms with Crippen molar-refractivity contribution in [3.63, 3.8) is 0 Å². The fourth-order valence-electron chi connectivity index (χ4n) is 1.28. The van der Waals surface area contributed by atoms with E-state index in [-0.39, 0.29) is 16.8 Å². The lowest BCUT2D eigenvalue weighted by molar-refractivity contribution is 0.0598. The quantitative estimate of drug-likeness (QED) is 0.635. The van der Waals surface area contributed by atoms with Crippen LogP contribution in [0, 0.1) is 6.92 Å². The minimum absolute atomic E-state index is 0.0697. The van der Waals surface area contributed by atoms with Gasteiger partial charge in [-0.05, 0) is 13.0 Å². The maximum atomic E-state index is 12.6. The third kappa shape index (κ3) is 2.55. The molecule has 0 atom stereocenters. The number of hydrogen-bond donors (Lipinski definition) is 0. The molecule has 0 N–H and O–H groups in total. The number of alkyl halides is 3. The lowest BCUT2D eigenvalue weighted by atomic mass is 10.1. The van der Waals surface area contributed by atoms with Gasteiger partial charge in [0.25, 0.3) is 6.43 Å². The molecular weight excluding hydrogens is 284 g/mol. The van der Waals surface area contributed by atoms with Crippen LogP contribution >= 0.6 is 15.9 Å². The van der Waals surface area contributed by atoms with Crippen molar-refractivity contribution >= 4 is 21.9 Å². The van der Waals surface area contributed by atoms with E-state index in [1.807, 2.05) is 0 Å². The molecule has 1 aromatic rings. The molecule has 0 amide bonds. The van der Waals surface area contributed by atoms with E-state index in [1.54, 1.807) is 0 Å². The lowest BCUT2D eigenvalue weighted by Gasteiger charge is -2.10. The molecule has 88 valence electrons. The zero-order valence-electron chi connectivity index (χ0n) is 8.76. The molecule has 0 aliphatic rings. The van der Waals surface area contributed by atoms with E-state index in [4.69, 9.17) is 0 Å². The van der Waals surface area contributed by atoms with Gasteiger partial charge in [-0.1, -0.05) is 15.9 Å². The summed E-state index contributed by atoms with van der Waals surface area (Å²) in [7, 11) is 1.20. The maximum Gasteiger partial charge on any atom is 0.339 e. The van der Waals surface area contributed by atoms with Crippen molar-refractivity contribution in [2.75, 3.05) is 7.11 Å². The Morgan fingerprint density at radius 1 is 1.62 bits per heavy atom. The summed E-state index contributed by atoms with van der Waals surface area (Å²) in [5, 5.41) is 0.307. The van der Waals surface area contributed by atoms with Gasteiger partial charge in [0, 0.05) is 16.6 Å². The van der Waals surface area contributed by atoms with Crippen molar-refractivity contribution < 1.29 is 18.3 Å². The van der Waals surface area contributed by atoms with Crippen LogP contribution in [0.15, 0.2) is 6.07 Å². The Morgan fingerprint density at radius 2 is 2.25 bits per heavy atom. The zero-order chi connectivity index (χ0) is 12.3. The maximum absolute atomic E-state index is 12.6. The smallest absolute Gasteiger partial charge is 0.339 e. The molecule has 3 nitrogen and oxygen atoms in total. The van der Waals surface area contributed by atoms with Crippen LogP contribution in [0.5, 0.6) is 0 Å². The highest BCUT2D eigenvalue weighted by Crippen LogP contribution is 2.25. The molecule has 0 radical (unpaired) electrons. The van der Waals surface area contributed by atoms with Crippen LogP contribution in [0.3, 0.4) is 0 Å². The van der Waals surface area contributed by atoms with Gasteiger partial charge in [-0.2, -0.15) is 0 Å². The predicted molar refractivity (Wildman–Crippen MR) is 57.9 cm³/mol. The van der Waals surface area contributed by atoms with Crippen molar-refractivity contribution in [3.8, 4) is 0 Å². The highest BCUT2D eigenvalue weighted by Gasteiger charge is 2.19. The highest BCUT2D eigenvalue weighted by atomic mass is 79.9. The van der Waals surface area contributed by atoms with Crippen molar-refractivity contribution in [2.24, 2.45) is 0 Å². The molecule has 1 rings (SSSR count). The fourth-order valence-corrected chi connectivity index (χ4v) is 1.71.